The highest BCUT2D eigenvalue weighted by Gasteiger charge is 2.12. The highest BCUT2D eigenvalue weighted by molar-refractivity contribution is 7.17. The Balaban J connectivity index is 1.55. The Kier molecular flexibility index (Phi) is 5.46. The summed E-state index contributed by atoms with van der Waals surface area (Å²) in [6, 6.07) is 17.4. The van der Waals surface area contributed by atoms with Gasteiger partial charge in [-0.15, -0.1) is 11.3 Å². The number of benzene rings is 2. The number of ketones is 1. The van der Waals surface area contributed by atoms with Crippen LogP contribution in [0.1, 0.15) is 22.3 Å². The van der Waals surface area contributed by atoms with Crippen molar-refractivity contribution in [3.05, 3.63) is 65.2 Å². The van der Waals surface area contributed by atoms with E-state index in [2.05, 4.69) is 4.98 Å². The van der Waals surface area contributed by atoms with Gasteiger partial charge in [-0.2, -0.15) is 0 Å². The summed E-state index contributed by atoms with van der Waals surface area (Å²) in [6.45, 7) is 4.39. The van der Waals surface area contributed by atoms with Crippen molar-refractivity contribution in [1.29, 1.82) is 0 Å². The first-order chi connectivity index (χ1) is 12.1. The lowest BCUT2D eigenvalue weighted by Crippen LogP contribution is -2.08. The molecule has 2 aromatic carbocycles. The first kappa shape index (κ1) is 17.2. The van der Waals surface area contributed by atoms with E-state index < -0.39 is 0 Å². The van der Waals surface area contributed by atoms with Crippen molar-refractivity contribution in [2.45, 2.75) is 13.8 Å². The number of Topliss-reactive ketones (excluding diaryl/α,β-unsaturated/α-hetero) is 1. The average molecular weight is 353 g/mol. The van der Waals surface area contributed by atoms with Crippen LogP contribution in [0.25, 0.3) is 10.6 Å². The van der Waals surface area contributed by atoms with E-state index in [9.17, 15) is 4.79 Å². The van der Waals surface area contributed by atoms with Gasteiger partial charge in [0.1, 0.15) is 29.7 Å². The van der Waals surface area contributed by atoms with Crippen LogP contribution in [-0.4, -0.2) is 24.0 Å². The molecule has 0 fully saturated rings. The number of carbonyl (C=O) groups excluding carboxylic acids is 1. The molecule has 0 unspecified atom stereocenters. The van der Waals surface area contributed by atoms with Crippen molar-refractivity contribution in [3.63, 3.8) is 0 Å². The molecule has 3 rings (SSSR count). The maximum atomic E-state index is 11.6. The summed E-state index contributed by atoms with van der Waals surface area (Å²) in [6.07, 6.45) is 0. The minimum atomic E-state index is 0.0552. The van der Waals surface area contributed by atoms with Crippen LogP contribution in [0.4, 0.5) is 0 Å². The Morgan fingerprint density at radius 3 is 2.12 bits per heavy atom. The SMILES string of the molecule is CC(=O)c1sc(-c2ccc(OCCOc3ccccc3)cc2)nc1C. The van der Waals surface area contributed by atoms with Crippen LogP contribution < -0.4 is 9.47 Å². The number of hydrogen-bond acceptors (Lipinski definition) is 5. The summed E-state index contributed by atoms with van der Waals surface area (Å²) in [5.41, 5.74) is 1.76. The zero-order valence-corrected chi connectivity index (χ0v) is 15.0. The van der Waals surface area contributed by atoms with Crippen molar-refractivity contribution < 1.29 is 14.3 Å². The number of aryl methyl sites for hydroxylation is 1. The number of rotatable bonds is 7. The molecule has 5 heteroatoms. The Hall–Kier alpha value is -2.66. The number of carbonyl (C=O) groups is 1. The van der Waals surface area contributed by atoms with Crippen molar-refractivity contribution in [1.82, 2.24) is 4.98 Å². The number of thiazole rings is 1. The molecule has 0 amide bonds. The lowest BCUT2D eigenvalue weighted by molar-refractivity contribution is 0.102. The lowest BCUT2D eigenvalue weighted by atomic mass is 10.2. The highest BCUT2D eigenvalue weighted by atomic mass is 32.1. The number of nitrogens with zero attached hydrogens (tertiary/aromatic N) is 1. The molecule has 0 bridgehead atoms. The van der Waals surface area contributed by atoms with E-state index in [-0.39, 0.29) is 5.78 Å². The minimum absolute atomic E-state index is 0.0552. The van der Waals surface area contributed by atoms with E-state index in [1.165, 1.54) is 11.3 Å². The standard InChI is InChI=1S/C20H19NO3S/c1-14-19(15(2)22)25-20(21-14)16-8-10-18(11-9-16)24-13-12-23-17-6-4-3-5-7-17/h3-11H,12-13H2,1-2H3. The van der Waals surface area contributed by atoms with E-state index in [1.54, 1.807) is 6.92 Å². The summed E-state index contributed by atoms with van der Waals surface area (Å²) in [5.74, 6) is 1.67. The monoisotopic (exact) mass is 353 g/mol. The molecule has 0 radical (unpaired) electrons. The third kappa shape index (κ3) is 4.45. The van der Waals surface area contributed by atoms with Gasteiger partial charge >= 0.3 is 0 Å². The van der Waals surface area contributed by atoms with Crippen LogP contribution >= 0.6 is 11.3 Å². The largest absolute Gasteiger partial charge is 0.490 e. The summed E-state index contributed by atoms with van der Waals surface area (Å²) < 4.78 is 11.3. The maximum Gasteiger partial charge on any atom is 0.171 e. The quantitative estimate of drug-likeness (QED) is 0.453. The summed E-state index contributed by atoms with van der Waals surface area (Å²) in [5, 5.41) is 0.849. The normalized spacial score (nSPS) is 10.5. The van der Waals surface area contributed by atoms with E-state index in [1.807, 2.05) is 61.5 Å². The number of aromatic nitrogens is 1. The van der Waals surface area contributed by atoms with E-state index >= 15 is 0 Å². The van der Waals surface area contributed by atoms with Crippen LogP contribution in [0, 0.1) is 6.92 Å². The fourth-order valence-electron chi connectivity index (χ4n) is 2.38. The molecular weight excluding hydrogens is 334 g/mol. The first-order valence-corrected chi connectivity index (χ1v) is 8.84. The molecule has 0 saturated carbocycles. The third-order valence-corrected chi connectivity index (χ3v) is 4.89. The lowest BCUT2D eigenvalue weighted by Gasteiger charge is -2.08. The van der Waals surface area contributed by atoms with Gasteiger partial charge in [0.2, 0.25) is 0 Å². The Morgan fingerprint density at radius 1 is 0.960 bits per heavy atom. The van der Waals surface area contributed by atoms with Crippen LogP contribution in [0.3, 0.4) is 0 Å². The maximum absolute atomic E-state index is 11.6. The zero-order valence-electron chi connectivity index (χ0n) is 14.2. The van der Waals surface area contributed by atoms with Crippen molar-refractivity contribution in [2.75, 3.05) is 13.2 Å². The Morgan fingerprint density at radius 2 is 1.56 bits per heavy atom. The summed E-state index contributed by atoms with van der Waals surface area (Å²) in [4.78, 5) is 16.7. The second kappa shape index (κ2) is 7.94. The van der Waals surface area contributed by atoms with Gasteiger partial charge in [0.05, 0.1) is 10.6 Å². The molecule has 4 nitrogen and oxygen atoms in total. The molecule has 0 spiro atoms. The van der Waals surface area contributed by atoms with Crippen LogP contribution in [0.2, 0.25) is 0 Å². The zero-order chi connectivity index (χ0) is 17.6. The number of para-hydroxylation sites is 1. The molecule has 128 valence electrons. The van der Waals surface area contributed by atoms with E-state index in [0.29, 0.717) is 18.1 Å². The van der Waals surface area contributed by atoms with Crippen molar-refractivity contribution in [3.8, 4) is 22.1 Å². The van der Waals surface area contributed by atoms with Crippen LogP contribution in [0.5, 0.6) is 11.5 Å². The molecule has 0 aliphatic rings. The summed E-state index contributed by atoms with van der Waals surface area (Å²) >= 11 is 1.42. The summed E-state index contributed by atoms with van der Waals surface area (Å²) in [7, 11) is 0. The molecule has 0 saturated heterocycles. The van der Waals surface area contributed by atoms with Crippen LogP contribution in [-0.2, 0) is 0 Å². The van der Waals surface area contributed by atoms with Gasteiger partial charge in [0, 0.05) is 12.5 Å². The smallest absolute Gasteiger partial charge is 0.171 e. The highest BCUT2D eigenvalue weighted by Crippen LogP contribution is 2.29. The second-order valence-corrected chi connectivity index (χ2v) is 6.52. The molecule has 0 atom stereocenters. The number of ether oxygens (including phenoxy) is 2. The molecule has 3 aromatic rings. The average Bonchev–Trinajstić information content (AvgIpc) is 3.02. The molecule has 1 heterocycles. The topological polar surface area (TPSA) is 48.4 Å². The van der Waals surface area contributed by atoms with Gasteiger partial charge in [-0.05, 0) is 43.3 Å². The minimum Gasteiger partial charge on any atom is -0.490 e. The Bertz CT molecular complexity index is 841. The third-order valence-electron chi connectivity index (χ3n) is 3.58. The molecule has 1 aromatic heterocycles. The van der Waals surface area contributed by atoms with Gasteiger partial charge < -0.3 is 9.47 Å². The van der Waals surface area contributed by atoms with E-state index in [4.69, 9.17) is 9.47 Å². The molecule has 0 N–H and O–H groups in total. The predicted molar refractivity (Wildman–Crippen MR) is 99.7 cm³/mol. The second-order valence-electron chi connectivity index (χ2n) is 5.52. The van der Waals surface area contributed by atoms with Crippen molar-refractivity contribution in [2.24, 2.45) is 0 Å². The number of hydrogen-bond donors (Lipinski definition) is 0. The van der Waals surface area contributed by atoms with Gasteiger partial charge in [0.15, 0.2) is 5.78 Å². The Labute approximate surface area is 151 Å². The van der Waals surface area contributed by atoms with Crippen molar-refractivity contribution >= 4 is 17.1 Å². The van der Waals surface area contributed by atoms with Gasteiger partial charge in [-0.25, -0.2) is 4.98 Å². The molecule has 0 aliphatic heterocycles. The van der Waals surface area contributed by atoms with Gasteiger partial charge in [0.25, 0.3) is 0 Å². The molecular formula is C20H19NO3S. The van der Waals surface area contributed by atoms with E-state index in [0.717, 1.165) is 27.8 Å². The van der Waals surface area contributed by atoms with Gasteiger partial charge in [-0.1, -0.05) is 18.2 Å². The predicted octanol–water partition coefficient (Wildman–Crippen LogP) is 4.78. The molecule has 0 aliphatic carbocycles. The molecule has 25 heavy (non-hydrogen) atoms. The fourth-order valence-corrected chi connectivity index (χ4v) is 3.34. The van der Waals surface area contributed by atoms with Crippen LogP contribution in [0.15, 0.2) is 54.6 Å². The van der Waals surface area contributed by atoms with Gasteiger partial charge in [-0.3, -0.25) is 4.79 Å². The fraction of sp³-hybridized carbons (Fsp3) is 0.200. The first-order valence-electron chi connectivity index (χ1n) is 8.03.